The second-order valence-corrected chi connectivity index (χ2v) is 11.0. The number of carbonyl (C=O) groups is 3. The fourth-order valence-electron chi connectivity index (χ4n) is 5.88. The van der Waals surface area contributed by atoms with Gasteiger partial charge in [0.05, 0.1) is 24.1 Å². The molecule has 3 saturated heterocycles. The van der Waals surface area contributed by atoms with E-state index in [0.717, 1.165) is 26.1 Å². The summed E-state index contributed by atoms with van der Waals surface area (Å²) in [5.74, 6) is -1.47. The average molecular weight is 467 g/mol. The summed E-state index contributed by atoms with van der Waals surface area (Å²) in [5, 5.41) is 23.1. The van der Waals surface area contributed by atoms with Gasteiger partial charge >= 0.3 is 5.97 Å². The molecule has 4 rings (SSSR count). The minimum absolute atomic E-state index is 0.0567. The number of thioether (sulfide) groups is 1. The van der Waals surface area contributed by atoms with Crippen molar-refractivity contribution in [3.8, 4) is 0 Å². The molecule has 4 heterocycles. The highest BCUT2D eigenvalue weighted by Crippen LogP contribution is 2.52. The first-order valence-electron chi connectivity index (χ1n) is 11.4. The highest BCUT2D eigenvalue weighted by Gasteiger charge is 2.60. The van der Waals surface area contributed by atoms with Gasteiger partial charge in [-0.05, 0) is 46.3 Å². The van der Waals surface area contributed by atoms with Gasteiger partial charge in [-0.3, -0.25) is 14.5 Å². The van der Waals surface area contributed by atoms with E-state index in [2.05, 4.69) is 10.2 Å². The van der Waals surface area contributed by atoms with Crippen molar-refractivity contribution in [1.82, 2.24) is 20.0 Å². The topological polar surface area (TPSA) is 113 Å². The number of rotatable bonds is 7. The van der Waals surface area contributed by atoms with Crippen molar-refractivity contribution in [2.45, 2.75) is 50.1 Å². The number of aliphatic carboxylic acids is 1. The predicted molar refractivity (Wildman–Crippen MR) is 121 cm³/mol. The molecule has 2 amide bonds. The molecule has 0 aromatic carbocycles. The van der Waals surface area contributed by atoms with Gasteiger partial charge < -0.3 is 25.3 Å². The third kappa shape index (κ3) is 3.85. The van der Waals surface area contributed by atoms with Gasteiger partial charge in [-0.25, -0.2) is 4.79 Å². The van der Waals surface area contributed by atoms with Crippen molar-refractivity contribution in [1.29, 1.82) is 0 Å². The predicted octanol–water partition coefficient (Wildman–Crippen LogP) is 0.0139. The molecule has 4 aliphatic rings. The molecule has 3 N–H and O–H groups in total. The zero-order chi connectivity index (χ0) is 23.3. The monoisotopic (exact) mass is 466 g/mol. The molecule has 0 spiro atoms. The van der Waals surface area contributed by atoms with E-state index >= 15 is 0 Å². The molecule has 178 valence electrons. The van der Waals surface area contributed by atoms with Crippen LogP contribution < -0.4 is 5.32 Å². The number of nitrogens with one attached hydrogen (secondary N) is 1. The molecular formula is C22H34N4O5S. The normalized spacial score (nSPS) is 36.0. The van der Waals surface area contributed by atoms with Crippen molar-refractivity contribution in [3.63, 3.8) is 0 Å². The summed E-state index contributed by atoms with van der Waals surface area (Å²) in [6.45, 7) is 6.70. The van der Waals surface area contributed by atoms with Gasteiger partial charge in [0.2, 0.25) is 11.8 Å². The summed E-state index contributed by atoms with van der Waals surface area (Å²) in [6.07, 6.45) is 0.871. The summed E-state index contributed by atoms with van der Waals surface area (Å²) in [6, 6.07) is -0.503. The molecule has 4 aliphatic heterocycles. The van der Waals surface area contributed by atoms with E-state index in [-0.39, 0.29) is 40.8 Å². The second-order valence-electron chi connectivity index (χ2n) is 9.70. The first-order valence-corrected chi connectivity index (χ1v) is 12.3. The highest BCUT2D eigenvalue weighted by molar-refractivity contribution is 8.03. The van der Waals surface area contributed by atoms with Gasteiger partial charge in [0.25, 0.3) is 0 Å². The van der Waals surface area contributed by atoms with Crippen LogP contribution in [0.2, 0.25) is 0 Å². The lowest BCUT2D eigenvalue weighted by atomic mass is 9.79. The number of hydrogen-bond acceptors (Lipinski definition) is 7. The van der Waals surface area contributed by atoms with Crippen LogP contribution in [0.1, 0.15) is 26.7 Å². The number of amides is 2. The maximum absolute atomic E-state index is 13.2. The van der Waals surface area contributed by atoms with E-state index in [1.807, 2.05) is 25.9 Å². The van der Waals surface area contributed by atoms with Crippen LogP contribution in [0.25, 0.3) is 0 Å². The van der Waals surface area contributed by atoms with Crippen molar-refractivity contribution >= 4 is 29.5 Å². The smallest absolute Gasteiger partial charge is 0.353 e. The number of fused-ring (bicyclic) bond motifs is 1. The zero-order valence-electron chi connectivity index (χ0n) is 19.2. The summed E-state index contributed by atoms with van der Waals surface area (Å²) >= 11 is 1.50. The van der Waals surface area contributed by atoms with E-state index in [9.17, 15) is 24.6 Å². The Kier molecular flexibility index (Phi) is 6.59. The molecule has 3 fully saturated rings. The molecule has 7 atom stereocenters. The van der Waals surface area contributed by atoms with Gasteiger partial charge in [-0.1, -0.05) is 6.92 Å². The molecule has 9 nitrogen and oxygen atoms in total. The van der Waals surface area contributed by atoms with E-state index in [4.69, 9.17) is 0 Å². The fourth-order valence-corrected chi connectivity index (χ4v) is 7.48. The number of carbonyl (C=O) groups excluding carboxylic acids is 2. The molecule has 0 unspecified atom stereocenters. The maximum atomic E-state index is 13.2. The SMILES string of the molecule is CNC[C@H]1CCN(C(=O)[C@@H]2C[C@H](SC3=C(C(=O)O)N4C(=O)[C@H]([C@@H](C)O)[C@H]4[C@H]3C)CN2C)C1. The number of aliphatic hydroxyl groups is 1. The van der Waals surface area contributed by atoms with Crippen molar-refractivity contribution in [2.75, 3.05) is 40.3 Å². The minimum atomic E-state index is -1.11. The molecular weight excluding hydrogens is 432 g/mol. The van der Waals surface area contributed by atoms with Crippen molar-refractivity contribution in [3.05, 3.63) is 10.6 Å². The summed E-state index contributed by atoms with van der Waals surface area (Å²) in [7, 11) is 3.88. The van der Waals surface area contributed by atoms with Crippen molar-refractivity contribution < 1.29 is 24.6 Å². The van der Waals surface area contributed by atoms with E-state index in [0.29, 0.717) is 23.8 Å². The lowest BCUT2D eigenvalue weighted by molar-refractivity contribution is -0.163. The Hall–Kier alpha value is -1.62. The summed E-state index contributed by atoms with van der Waals surface area (Å²) < 4.78 is 0. The Labute approximate surface area is 193 Å². The minimum Gasteiger partial charge on any atom is -0.477 e. The van der Waals surface area contributed by atoms with Gasteiger partial charge in [-0.15, -0.1) is 11.8 Å². The summed E-state index contributed by atoms with van der Waals surface area (Å²) in [4.78, 5) is 43.8. The third-order valence-electron chi connectivity index (χ3n) is 7.49. The van der Waals surface area contributed by atoms with Crippen LogP contribution in [0.15, 0.2) is 10.6 Å². The number of likely N-dealkylation sites (N-methyl/N-ethyl adjacent to an activating group) is 1. The molecule has 0 saturated carbocycles. The number of hydrogen-bond donors (Lipinski definition) is 3. The van der Waals surface area contributed by atoms with Gasteiger partial charge in [0.1, 0.15) is 5.70 Å². The molecule has 32 heavy (non-hydrogen) atoms. The Morgan fingerprint density at radius 2 is 2.03 bits per heavy atom. The van der Waals surface area contributed by atoms with Crippen LogP contribution in [0, 0.1) is 17.8 Å². The number of aliphatic hydroxyl groups excluding tert-OH is 1. The lowest BCUT2D eigenvalue weighted by Crippen LogP contribution is -2.63. The standard InChI is InChI=1S/C22H34N4O5S/c1-11-17-16(12(2)27)21(29)26(17)18(22(30)31)19(11)32-14-7-15(24(4)10-14)20(28)25-6-5-13(9-25)8-23-3/h11-17,23,27H,5-10H2,1-4H3,(H,30,31)/t11-,12-,13-,14+,15+,16-,17-/m1/s1. The maximum Gasteiger partial charge on any atom is 0.353 e. The van der Waals surface area contributed by atoms with Crippen LogP contribution in [0.3, 0.4) is 0 Å². The highest BCUT2D eigenvalue weighted by atomic mass is 32.2. The molecule has 0 bridgehead atoms. The largest absolute Gasteiger partial charge is 0.477 e. The fraction of sp³-hybridized carbons (Fsp3) is 0.773. The molecule has 0 radical (unpaired) electrons. The van der Waals surface area contributed by atoms with E-state index in [1.165, 1.54) is 16.7 Å². The first-order chi connectivity index (χ1) is 15.1. The van der Waals surface area contributed by atoms with Crippen LogP contribution in [-0.2, 0) is 14.4 Å². The van der Waals surface area contributed by atoms with E-state index < -0.39 is 18.0 Å². The molecule has 0 aliphatic carbocycles. The van der Waals surface area contributed by atoms with Crippen LogP contribution in [-0.4, -0.2) is 106 Å². The number of nitrogens with zero attached hydrogens (tertiary/aromatic N) is 3. The van der Waals surface area contributed by atoms with Gasteiger partial charge in [0.15, 0.2) is 0 Å². The number of carboxylic acids is 1. The van der Waals surface area contributed by atoms with Crippen molar-refractivity contribution in [2.24, 2.45) is 17.8 Å². The van der Waals surface area contributed by atoms with Crippen LogP contribution >= 0.6 is 11.8 Å². The number of carboxylic acid groups (broad SMARTS) is 1. The van der Waals surface area contributed by atoms with Crippen LogP contribution in [0.5, 0.6) is 0 Å². The van der Waals surface area contributed by atoms with Gasteiger partial charge in [0, 0.05) is 35.7 Å². The van der Waals surface area contributed by atoms with Gasteiger partial charge in [-0.2, -0.15) is 0 Å². The Morgan fingerprint density at radius 3 is 2.66 bits per heavy atom. The zero-order valence-corrected chi connectivity index (χ0v) is 20.0. The summed E-state index contributed by atoms with van der Waals surface area (Å²) in [5.41, 5.74) is 0.0567. The lowest BCUT2D eigenvalue weighted by Gasteiger charge is -2.46. The first kappa shape index (κ1) is 23.5. The number of β-lactam (4-membered cyclic amide) rings is 1. The molecule has 0 aromatic heterocycles. The Bertz CT molecular complexity index is 833. The van der Waals surface area contributed by atoms with Crippen LogP contribution in [0.4, 0.5) is 0 Å². The third-order valence-corrected chi connectivity index (χ3v) is 8.98. The average Bonchev–Trinajstić information content (AvgIpc) is 3.38. The van der Waals surface area contributed by atoms with E-state index in [1.54, 1.807) is 6.92 Å². The molecule has 10 heteroatoms. The molecule has 0 aromatic rings. The Balaban J connectivity index is 1.45. The Morgan fingerprint density at radius 1 is 1.31 bits per heavy atom. The second kappa shape index (κ2) is 8.96. The quantitative estimate of drug-likeness (QED) is 0.450. The number of likely N-dealkylation sites (tertiary alicyclic amines) is 2.